The number of anilines is 1. The number of aliphatic hydroxyl groups is 2. The van der Waals surface area contributed by atoms with Gasteiger partial charge < -0.3 is 68.1 Å². The number of ketones is 1. The smallest absolute Gasteiger partial charge is 0.334 e. The Morgan fingerprint density at radius 1 is 0.802 bits per heavy atom. The maximum atomic E-state index is 13.3. The first-order valence-corrected chi connectivity index (χ1v) is 32.6. The number of nitrogens with zero attached hydrogens (tertiary/aromatic N) is 5. The van der Waals surface area contributed by atoms with Gasteiger partial charge in [-0.15, -0.1) is 11.8 Å². The zero-order chi connectivity index (χ0) is 65.8. The summed E-state index contributed by atoms with van der Waals surface area (Å²) < 4.78 is 49.0. The van der Waals surface area contributed by atoms with Crippen molar-refractivity contribution in [3.05, 3.63) is 42.6 Å². The summed E-state index contributed by atoms with van der Waals surface area (Å²) in [5, 5.41) is 24.4. The van der Waals surface area contributed by atoms with Crippen LogP contribution >= 0.6 is 11.8 Å². The minimum absolute atomic E-state index is 0.00276. The molecule has 2 aliphatic heterocycles. The number of methoxy groups -OCH3 is 2. The molecule has 27 heteroatoms. The highest BCUT2D eigenvalue weighted by Gasteiger charge is 2.40. The van der Waals surface area contributed by atoms with Gasteiger partial charge in [-0.1, -0.05) is 46.8 Å². The van der Waals surface area contributed by atoms with E-state index in [1.165, 1.54) is 30.9 Å². The predicted molar refractivity (Wildman–Crippen MR) is 335 cm³/mol. The predicted octanol–water partition coefficient (Wildman–Crippen LogP) is 6.02. The number of morpholine rings is 1. The number of carbonyl (C=O) groups excluding carboxylic acids is 8. The lowest BCUT2D eigenvalue weighted by molar-refractivity contribution is -0.194. The van der Waals surface area contributed by atoms with Gasteiger partial charge in [-0.05, 0) is 87.5 Å². The number of esters is 3. The molecular formula is C64H91N7O19S. The van der Waals surface area contributed by atoms with E-state index in [-0.39, 0.29) is 106 Å². The van der Waals surface area contributed by atoms with Crippen LogP contribution in [0.1, 0.15) is 125 Å². The van der Waals surface area contributed by atoms with Gasteiger partial charge in [0, 0.05) is 102 Å². The SMILES string of the molecule is CCC(=O)C1CCC(CN2C(=O)CC(SCCNC(=O)CCCC(=O)OCC(OC)OC(CC)CO)C2=O)CC1.CCC(CO)OC(COC(=O)CCCC(=O)N[C@H](C(=O)Oc1cccc(-c2nc(N3CCOCC3)c3oc4ncccc4c3n2)c1)C(C)C)OC. The fraction of sp³-hybridized carbons (Fsp3) is 0.641. The summed E-state index contributed by atoms with van der Waals surface area (Å²) in [5.41, 5.74) is 2.25. The molecule has 91 heavy (non-hydrogen) atoms. The molecule has 1 aromatic carbocycles. The van der Waals surface area contributed by atoms with Crippen molar-refractivity contribution in [1.82, 2.24) is 30.5 Å². The van der Waals surface area contributed by atoms with Gasteiger partial charge in [0.2, 0.25) is 29.3 Å². The highest BCUT2D eigenvalue weighted by atomic mass is 32.2. The highest BCUT2D eigenvalue weighted by molar-refractivity contribution is 8.00. The number of carbonyl (C=O) groups is 8. The maximum Gasteiger partial charge on any atom is 0.334 e. The third-order valence-electron chi connectivity index (χ3n) is 15.8. The number of hydrogen-bond donors (Lipinski definition) is 4. The van der Waals surface area contributed by atoms with Gasteiger partial charge in [0.25, 0.3) is 0 Å². The van der Waals surface area contributed by atoms with E-state index in [1.807, 2.05) is 39.0 Å². The van der Waals surface area contributed by atoms with E-state index in [2.05, 4.69) is 20.5 Å². The summed E-state index contributed by atoms with van der Waals surface area (Å²) >= 11 is 1.37. The van der Waals surface area contributed by atoms with Crippen LogP contribution in [0.25, 0.3) is 33.6 Å². The minimum atomic E-state index is -0.934. The van der Waals surface area contributed by atoms with Crippen molar-refractivity contribution < 1.29 is 90.9 Å². The number of imide groups is 1. The molecule has 4 aromatic rings. The largest absolute Gasteiger partial charge is 0.460 e. The number of fused-ring (bicyclic) bond motifs is 3. The number of Topliss-reactive ketones (excluding diaryl/α,β-unsaturated/α-hetero) is 1. The Kier molecular flexibility index (Phi) is 30.9. The fourth-order valence-electron chi connectivity index (χ4n) is 10.4. The number of likely N-dealkylation sites (tertiary alicyclic amines) is 1. The second-order valence-corrected chi connectivity index (χ2v) is 24.0. The second kappa shape index (κ2) is 38.3. The summed E-state index contributed by atoms with van der Waals surface area (Å²) in [7, 11) is 2.84. The standard InChI is InChI=1S/C36H45N5O10.C28H46N2O9S/c1-5-24(20-42)49-29(46-4)21-48-28(44)13-7-12-27(43)38-30(22(2)3)36(45)50-25-10-6-9-23(19-25)33-39-31-26-11-8-14-37-35(26)51-32(31)34(40-33)41-15-17-47-18-16-41;1-4-21(17-31)39-27(37-3)18-38-26(35)8-6-7-24(33)29-13-14-40-23-15-25(34)30(28(23)36)16-19-9-11-20(12-10-19)22(32)5-2/h6,8-11,14,19,22,24,29-30,42H,5,7,12-13,15-18,20-21H2,1-4H3,(H,38,43);19-21,23,27,31H,4-18H2,1-3H3,(H,29,33)/t24?,29?,30-;/m0./s1. The van der Waals surface area contributed by atoms with Crippen LogP contribution < -0.4 is 20.3 Å². The van der Waals surface area contributed by atoms with Crippen molar-refractivity contribution in [2.75, 3.05) is 90.7 Å². The number of pyridine rings is 1. The van der Waals surface area contributed by atoms with Gasteiger partial charge >= 0.3 is 17.9 Å². The molecular weight excluding hydrogens is 1200 g/mol. The maximum absolute atomic E-state index is 13.3. The number of aromatic nitrogens is 3. The Balaban J connectivity index is 0.000000299. The number of furan rings is 1. The molecule has 2 saturated heterocycles. The molecule has 1 saturated carbocycles. The van der Waals surface area contributed by atoms with E-state index in [0.29, 0.717) is 111 Å². The van der Waals surface area contributed by atoms with Gasteiger partial charge in [0.15, 0.2) is 29.8 Å². The van der Waals surface area contributed by atoms with Gasteiger partial charge in [0.05, 0.1) is 49.3 Å². The van der Waals surface area contributed by atoms with Gasteiger partial charge in [0.1, 0.15) is 36.3 Å². The minimum Gasteiger partial charge on any atom is -0.460 e. The van der Waals surface area contributed by atoms with E-state index in [4.69, 9.17) is 52.3 Å². The molecule has 0 bridgehead atoms. The van der Waals surface area contributed by atoms with Crippen LogP contribution in [0.15, 0.2) is 47.0 Å². The topological polar surface area (TPSA) is 333 Å². The van der Waals surface area contributed by atoms with Crippen molar-refractivity contribution in [3.63, 3.8) is 0 Å². The van der Waals surface area contributed by atoms with Gasteiger partial charge in [-0.2, -0.15) is 0 Å². The molecule has 6 atom stereocenters. The van der Waals surface area contributed by atoms with Gasteiger partial charge in [-0.25, -0.2) is 19.7 Å². The first-order chi connectivity index (χ1) is 43.9. The summed E-state index contributed by atoms with van der Waals surface area (Å²) in [6, 6.07) is 9.69. The number of benzene rings is 1. The van der Waals surface area contributed by atoms with E-state index < -0.39 is 59.9 Å². The molecule has 3 aliphatic rings. The number of amides is 4. The average Bonchev–Trinajstić information content (AvgIpc) is 1.65. The van der Waals surface area contributed by atoms with Crippen molar-refractivity contribution in [3.8, 4) is 17.1 Å². The lowest BCUT2D eigenvalue weighted by atomic mass is 9.79. The molecule has 3 aromatic heterocycles. The first-order valence-electron chi connectivity index (χ1n) is 31.6. The molecule has 7 rings (SSSR count). The van der Waals surface area contributed by atoms with Crippen LogP contribution in [0.4, 0.5) is 5.82 Å². The monoisotopic (exact) mass is 1290 g/mol. The molecule has 5 unspecified atom stereocenters. The highest BCUT2D eigenvalue weighted by Crippen LogP contribution is 2.36. The van der Waals surface area contributed by atoms with Crippen molar-refractivity contribution >= 4 is 87.1 Å². The molecule has 26 nitrogen and oxygen atoms in total. The Morgan fingerprint density at radius 2 is 1.44 bits per heavy atom. The molecule has 3 fully saturated rings. The number of nitrogens with one attached hydrogen (secondary N) is 2. The number of hydrogen-bond acceptors (Lipinski definition) is 24. The fourth-order valence-corrected chi connectivity index (χ4v) is 11.5. The average molecular weight is 1290 g/mol. The lowest BCUT2D eigenvalue weighted by Crippen LogP contribution is -2.46. The van der Waals surface area contributed by atoms with Crippen molar-refractivity contribution in [2.24, 2.45) is 17.8 Å². The Labute approximate surface area is 535 Å². The van der Waals surface area contributed by atoms with E-state index in [0.717, 1.165) is 31.1 Å². The van der Waals surface area contributed by atoms with Gasteiger partial charge in [-0.3, -0.25) is 38.5 Å². The van der Waals surface area contributed by atoms with Crippen LogP contribution in [0.3, 0.4) is 0 Å². The summed E-state index contributed by atoms with van der Waals surface area (Å²) in [6.07, 6.45) is 5.29. The molecule has 1 aliphatic carbocycles. The number of thioether (sulfide) groups is 1. The quantitative estimate of drug-likeness (QED) is 0.0133. The van der Waals surface area contributed by atoms with Crippen molar-refractivity contribution in [1.29, 1.82) is 0 Å². The van der Waals surface area contributed by atoms with E-state index in [1.54, 1.807) is 38.2 Å². The van der Waals surface area contributed by atoms with E-state index >= 15 is 0 Å². The second-order valence-electron chi connectivity index (χ2n) is 22.7. The summed E-state index contributed by atoms with van der Waals surface area (Å²) in [4.78, 5) is 117. The van der Waals surface area contributed by atoms with Crippen molar-refractivity contribution in [2.45, 2.75) is 161 Å². The summed E-state index contributed by atoms with van der Waals surface area (Å²) in [5.74, 6) is -0.325. The number of ether oxygens (including phenoxy) is 8. The zero-order valence-electron chi connectivity index (χ0n) is 53.4. The lowest BCUT2D eigenvalue weighted by Gasteiger charge is -2.30. The molecule has 0 spiro atoms. The Hall–Kier alpha value is -6.72. The molecule has 502 valence electrons. The Bertz CT molecular complexity index is 3000. The van der Waals surface area contributed by atoms with Crippen LogP contribution in [0, 0.1) is 17.8 Å². The third-order valence-corrected chi connectivity index (χ3v) is 17.0. The van der Waals surface area contributed by atoms with Crippen LogP contribution in [0.2, 0.25) is 0 Å². The molecule has 4 amide bonds. The van der Waals surface area contributed by atoms with Crippen LogP contribution in [-0.4, -0.2) is 199 Å². The third kappa shape index (κ3) is 22.8. The zero-order valence-corrected chi connectivity index (χ0v) is 54.2. The number of rotatable bonds is 36. The Morgan fingerprint density at radius 3 is 2.03 bits per heavy atom. The van der Waals surface area contributed by atoms with Crippen LogP contribution in [0.5, 0.6) is 5.75 Å². The van der Waals surface area contributed by atoms with E-state index in [9.17, 15) is 48.6 Å². The summed E-state index contributed by atoms with van der Waals surface area (Å²) in [6.45, 7) is 11.8. The normalized spacial score (nSPS) is 18.5. The molecule has 0 radical (unpaired) electrons. The molecule has 5 heterocycles. The molecule has 4 N–H and O–H groups in total. The van der Waals surface area contributed by atoms with Crippen LogP contribution in [-0.2, 0) is 71.5 Å². The number of aliphatic hydroxyl groups excluding tert-OH is 2. The first kappa shape index (κ1) is 73.3.